The van der Waals surface area contributed by atoms with Gasteiger partial charge >= 0.3 is 5.97 Å². The second-order valence-electron chi connectivity index (χ2n) is 5.95. The van der Waals surface area contributed by atoms with Gasteiger partial charge in [0.25, 0.3) is 0 Å². The highest BCUT2D eigenvalue weighted by atomic mass is 16.6. The smallest absolute Gasteiger partial charge is 0.321 e. The molecule has 1 aliphatic heterocycles. The Hall–Kier alpha value is -1.97. The van der Waals surface area contributed by atoms with Crippen LogP contribution in [0.25, 0.3) is 5.76 Å². The van der Waals surface area contributed by atoms with Crippen molar-refractivity contribution in [2.75, 3.05) is 14.2 Å². The Kier molecular flexibility index (Phi) is 4.10. The highest BCUT2D eigenvalue weighted by molar-refractivity contribution is 5.85. The van der Waals surface area contributed by atoms with Gasteiger partial charge in [-0.05, 0) is 25.7 Å². The molecule has 1 unspecified atom stereocenters. The maximum absolute atomic E-state index is 12.2. The van der Waals surface area contributed by atoms with Crippen molar-refractivity contribution in [1.29, 1.82) is 0 Å². The predicted molar refractivity (Wildman–Crippen MR) is 82.8 cm³/mol. The average Bonchev–Trinajstić information content (AvgIpc) is 2.56. The molecule has 1 atom stereocenters. The number of benzene rings is 1. The lowest BCUT2D eigenvalue weighted by atomic mass is 9.70. The first-order valence-corrected chi connectivity index (χ1v) is 7.82. The molecule has 3 rings (SSSR count). The van der Waals surface area contributed by atoms with Crippen LogP contribution in [0.1, 0.15) is 37.7 Å². The number of ether oxygens (including phenoxy) is 3. The Balaban J connectivity index is 2.01. The molecule has 1 aromatic carbocycles. The van der Waals surface area contributed by atoms with Gasteiger partial charge in [-0.3, -0.25) is 4.79 Å². The van der Waals surface area contributed by atoms with E-state index in [-0.39, 0.29) is 17.5 Å². The molecule has 0 aromatic heterocycles. The average molecular weight is 302 g/mol. The van der Waals surface area contributed by atoms with Gasteiger partial charge in [0.2, 0.25) is 0 Å². The summed E-state index contributed by atoms with van der Waals surface area (Å²) >= 11 is 0. The van der Waals surface area contributed by atoms with Gasteiger partial charge in [0.15, 0.2) is 17.4 Å². The number of carbonyl (C=O) groups is 1. The Morgan fingerprint density at radius 1 is 1.09 bits per heavy atom. The van der Waals surface area contributed by atoms with Crippen molar-refractivity contribution < 1.29 is 19.0 Å². The van der Waals surface area contributed by atoms with E-state index in [0.29, 0.717) is 11.5 Å². The monoisotopic (exact) mass is 302 g/mol. The van der Waals surface area contributed by atoms with Crippen molar-refractivity contribution in [2.24, 2.45) is 5.92 Å². The van der Waals surface area contributed by atoms with E-state index in [1.807, 2.05) is 30.3 Å². The van der Waals surface area contributed by atoms with Gasteiger partial charge in [-0.1, -0.05) is 36.8 Å². The van der Waals surface area contributed by atoms with Gasteiger partial charge in [0.05, 0.1) is 14.2 Å². The summed E-state index contributed by atoms with van der Waals surface area (Å²) < 4.78 is 16.8. The summed E-state index contributed by atoms with van der Waals surface area (Å²) in [5, 5.41) is 0. The van der Waals surface area contributed by atoms with Crippen LogP contribution in [0.2, 0.25) is 0 Å². The van der Waals surface area contributed by atoms with Crippen molar-refractivity contribution in [3.63, 3.8) is 0 Å². The number of hydrogen-bond donors (Lipinski definition) is 0. The molecule has 0 N–H and O–H groups in total. The Bertz CT molecular complexity index is 570. The zero-order valence-corrected chi connectivity index (χ0v) is 13.1. The Morgan fingerprint density at radius 3 is 2.32 bits per heavy atom. The summed E-state index contributed by atoms with van der Waals surface area (Å²) in [7, 11) is 3.21. The van der Waals surface area contributed by atoms with Crippen molar-refractivity contribution in [1.82, 2.24) is 0 Å². The number of carbonyl (C=O) groups excluding carboxylic acids is 1. The first kappa shape index (κ1) is 14.9. The van der Waals surface area contributed by atoms with E-state index < -0.39 is 0 Å². The van der Waals surface area contributed by atoms with Gasteiger partial charge in [-0.25, -0.2) is 0 Å². The molecule has 1 aromatic rings. The fraction of sp³-hybridized carbons (Fsp3) is 0.500. The van der Waals surface area contributed by atoms with Gasteiger partial charge in [-0.2, -0.15) is 0 Å². The topological polar surface area (TPSA) is 44.8 Å². The number of hydrogen-bond acceptors (Lipinski definition) is 4. The lowest BCUT2D eigenvalue weighted by Gasteiger charge is -2.49. The minimum Gasteiger partial charge on any atom is -0.496 e. The maximum Gasteiger partial charge on any atom is 0.321 e. The second kappa shape index (κ2) is 6.03. The molecule has 1 aliphatic carbocycles. The van der Waals surface area contributed by atoms with Gasteiger partial charge < -0.3 is 14.2 Å². The first-order valence-electron chi connectivity index (χ1n) is 7.82. The molecule has 2 fully saturated rings. The van der Waals surface area contributed by atoms with E-state index in [2.05, 4.69) is 0 Å². The van der Waals surface area contributed by atoms with Crippen molar-refractivity contribution in [3.8, 4) is 0 Å². The second-order valence-corrected chi connectivity index (χ2v) is 5.95. The van der Waals surface area contributed by atoms with Crippen LogP contribution in [0.4, 0.5) is 0 Å². The molecular formula is C18H22O4. The third kappa shape index (κ3) is 2.36. The number of methoxy groups -OCH3 is 2. The van der Waals surface area contributed by atoms with E-state index in [0.717, 1.165) is 31.2 Å². The molecule has 0 amide bonds. The Labute approximate surface area is 131 Å². The number of rotatable bonds is 4. The molecular weight excluding hydrogens is 280 g/mol. The molecule has 1 spiro atoms. The third-order valence-electron chi connectivity index (χ3n) is 4.71. The molecule has 4 heteroatoms. The summed E-state index contributed by atoms with van der Waals surface area (Å²) in [5.74, 6) is 0.652. The van der Waals surface area contributed by atoms with Crippen molar-refractivity contribution >= 4 is 11.7 Å². The van der Waals surface area contributed by atoms with Crippen LogP contribution in [-0.2, 0) is 19.0 Å². The minimum atomic E-state index is -0.390. The summed E-state index contributed by atoms with van der Waals surface area (Å²) in [4.78, 5) is 12.2. The summed E-state index contributed by atoms with van der Waals surface area (Å²) in [6.45, 7) is 0. The fourth-order valence-electron chi connectivity index (χ4n) is 3.65. The van der Waals surface area contributed by atoms with E-state index in [1.54, 1.807) is 14.2 Å². The Morgan fingerprint density at radius 2 is 1.77 bits per heavy atom. The molecule has 118 valence electrons. The lowest BCUT2D eigenvalue weighted by Crippen LogP contribution is -2.59. The van der Waals surface area contributed by atoms with Gasteiger partial charge in [0, 0.05) is 5.56 Å². The molecule has 1 saturated carbocycles. The minimum absolute atomic E-state index is 0.204. The summed E-state index contributed by atoms with van der Waals surface area (Å²) in [6, 6.07) is 9.74. The SMILES string of the molecule is COC(=C(OC)C1C(=O)OC12CCCCC2)c1ccccc1. The van der Waals surface area contributed by atoms with Crippen LogP contribution in [0.3, 0.4) is 0 Å². The highest BCUT2D eigenvalue weighted by Gasteiger charge is 2.59. The molecule has 2 aliphatic rings. The normalized spacial score (nSPS) is 24.1. The molecule has 4 nitrogen and oxygen atoms in total. The van der Waals surface area contributed by atoms with Crippen LogP contribution < -0.4 is 0 Å². The van der Waals surface area contributed by atoms with Crippen LogP contribution in [-0.4, -0.2) is 25.8 Å². The van der Waals surface area contributed by atoms with E-state index in [1.165, 1.54) is 6.42 Å². The van der Waals surface area contributed by atoms with E-state index in [9.17, 15) is 4.79 Å². The molecule has 1 heterocycles. The van der Waals surface area contributed by atoms with Gasteiger partial charge in [-0.15, -0.1) is 0 Å². The van der Waals surface area contributed by atoms with Crippen LogP contribution >= 0.6 is 0 Å². The highest BCUT2D eigenvalue weighted by Crippen LogP contribution is 2.50. The third-order valence-corrected chi connectivity index (χ3v) is 4.71. The zero-order valence-electron chi connectivity index (χ0n) is 13.1. The van der Waals surface area contributed by atoms with Crippen molar-refractivity contribution in [3.05, 3.63) is 41.7 Å². The molecule has 22 heavy (non-hydrogen) atoms. The maximum atomic E-state index is 12.2. The lowest BCUT2D eigenvalue weighted by molar-refractivity contribution is -0.218. The molecule has 1 saturated heterocycles. The molecule has 0 bridgehead atoms. The van der Waals surface area contributed by atoms with Crippen LogP contribution in [0.5, 0.6) is 0 Å². The van der Waals surface area contributed by atoms with Crippen molar-refractivity contribution in [2.45, 2.75) is 37.7 Å². The van der Waals surface area contributed by atoms with Crippen LogP contribution in [0, 0.1) is 5.92 Å². The predicted octanol–water partition coefficient (Wildman–Crippen LogP) is 3.52. The summed E-state index contributed by atoms with van der Waals surface area (Å²) in [6.07, 6.45) is 5.20. The van der Waals surface area contributed by atoms with E-state index >= 15 is 0 Å². The van der Waals surface area contributed by atoms with Gasteiger partial charge in [0.1, 0.15) is 5.60 Å². The fourth-order valence-corrected chi connectivity index (χ4v) is 3.65. The molecule has 0 radical (unpaired) electrons. The zero-order chi connectivity index (χ0) is 15.6. The standard InChI is InChI=1S/C18H22O4/c1-20-15(13-9-5-3-6-10-13)16(21-2)14-17(19)22-18(14)11-7-4-8-12-18/h3,5-6,9-10,14H,4,7-8,11-12H2,1-2H3. The quantitative estimate of drug-likeness (QED) is 0.630. The van der Waals surface area contributed by atoms with Crippen LogP contribution in [0.15, 0.2) is 36.1 Å². The van der Waals surface area contributed by atoms with E-state index in [4.69, 9.17) is 14.2 Å². The summed E-state index contributed by atoms with van der Waals surface area (Å²) in [5.41, 5.74) is 0.520. The largest absolute Gasteiger partial charge is 0.496 e. The first-order chi connectivity index (χ1) is 10.7. The number of esters is 1.